The van der Waals surface area contributed by atoms with Gasteiger partial charge in [0, 0.05) is 12.8 Å². The van der Waals surface area contributed by atoms with Gasteiger partial charge in [0.1, 0.15) is 11.8 Å². The minimum absolute atomic E-state index is 0.00763. The number of hydrogen-bond acceptors (Lipinski definition) is 5. The van der Waals surface area contributed by atoms with Gasteiger partial charge in [-0.25, -0.2) is 4.79 Å². The molecule has 1 rings (SSSR count). The van der Waals surface area contributed by atoms with Crippen LogP contribution in [0.25, 0.3) is 0 Å². The van der Waals surface area contributed by atoms with E-state index in [0.29, 0.717) is 12.0 Å². The normalized spacial score (nSPS) is 13.0. The minimum Gasteiger partial charge on any atom is -0.467 e. The van der Waals surface area contributed by atoms with Crippen LogP contribution in [-0.4, -0.2) is 35.9 Å². The molecule has 1 aromatic rings. The Balaban J connectivity index is 2.70. The second-order valence-electron chi connectivity index (χ2n) is 4.83. The first-order valence-corrected chi connectivity index (χ1v) is 7.12. The monoisotopic (exact) mass is 307 g/mol. The van der Waals surface area contributed by atoms with Gasteiger partial charge in [-0.3, -0.25) is 9.59 Å². The average Bonchev–Trinajstić information content (AvgIpc) is 2.57. The van der Waals surface area contributed by atoms with Crippen LogP contribution in [0.15, 0.2) is 30.3 Å². The maximum atomic E-state index is 12.0. The molecule has 2 N–H and O–H groups in total. The molecule has 1 aromatic carbocycles. The summed E-state index contributed by atoms with van der Waals surface area (Å²) in [5, 5.41) is 12.4. The highest BCUT2D eigenvalue weighted by molar-refractivity contribution is 5.88. The van der Waals surface area contributed by atoms with Crippen LogP contribution >= 0.6 is 0 Å². The summed E-state index contributed by atoms with van der Waals surface area (Å²) in [4.78, 5) is 35.1. The number of carbonyl (C=O) groups is 3. The average molecular weight is 307 g/mol. The fraction of sp³-hybridized carbons (Fsp3) is 0.438. The van der Waals surface area contributed by atoms with Crippen LogP contribution in [0.2, 0.25) is 0 Å². The van der Waals surface area contributed by atoms with Crippen molar-refractivity contribution in [3.05, 3.63) is 35.9 Å². The van der Waals surface area contributed by atoms with Crippen LogP contribution in [0.3, 0.4) is 0 Å². The molecule has 0 aliphatic carbocycles. The molecule has 0 saturated heterocycles. The van der Waals surface area contributed by atoms with E-state index in [1.54, 1.807) is 37.3 Å². The van der Waals surface area contributed by atoms with Gasteiger partial charge in [-0.2, -0.15) is 0 Å². The Bertz CT molecular complexity index is 515. The molecule has 0 bridgehead atoms. The van der Waals surface area contributed by atoms with Gasteiger partial charge in [0.15, 0.2) is 6.10 Å². The van der Waals surface area contributed by atoms with E-state index in [2.05, 4.69) is 10.1 Å². The van der Waals surface area contributed by atoms with Crippen molar-refractivity contribution in [1.82, 2.24) is 5.32 Å². The number of aliphatic hydroxyl groups is 1. The summed E-state index contributed by atoms with van der Waals surface area (Å²) in [5.41, 5.74) is 0.424. The van der Waals surface area contributed by atoms with Crippen molar-refractivity contribution in [1.29, 1.82) is 0 Å². The summed E-state index contributed by atoms with van der Waals surface area (Å²) in [7, 11) is 1.21. The van der Waals surface area contributed by atoms with Crippen molar-refractivity contribution >= 4 is 17.7 Å². The summed E-state index contributed by atoms with van der Waals surface area (Å²) < 4.78 is 4.62. The molecule has 0 aliphatic rings. The molecule has 0 radical (unpaired) electrons. The van der Waals surface area contributed by atoms with E-state index in [9.17, 15) is 19.5 Å². The molecule has 0 unspecified atom stereocenters. The van der Waals surface area contributed by atoms with E-state index in [0.717, 1.165) is 0 Å². The third-order valence-corrected chi connectivity index (χ3v) is 3.27. The van der Waals surface area contributed by atoms with E-state index in [4.69, 9.17) is 0 Å². The number of nitrogens with one attached hydrogen (secondary N) is 1. The van der Waals surface area contributed by atoms with Gasteiger partial charge in [-0.1, -0.05) is 37.3 Å². The van der Waals surface area contributed by atoms with Gasteiger partial charge in [0.2, 0.25) is 0 Å². The zero-order chi connectivity index (χ0) is 16.5. The number of Topliss-reactive ketones (excluding diaryl/α,β-unsaturated/α-hetero) is 1. The maximum Gasteiger partial charge on any atom is 0.328 e. The topological polar surface area (TPSA) is 92.7 Å². The van der Waals surface area contributed by atoms with Gasteiger partial charge in [-0.15, -0.1) is 0 Å². The van der Waals surface area contributed by atoms with Crippen molar-refractivity contribution in [3.8, 4) is 0 Å². The first-order chi connectivity index (χ1) is 10.5. The Morgan fingerprint density at radius 3 is 2.41 bits per heavy atom. The van der Waals surface area contributed by atoms with Crippen LogP contribution < -0.4 is 5.32 Å². The predicted octanol–water partition coefficient (Wildman–Crippen LogP) is 1.14. The summed E-state index contributed by atoms with van der Waals surface area (Å²) >= 11 is 0. The second kappa shape index (κ2) is 8.94. The number of ketones is 1. The van der Waals surface area contributed by atoms with Crippen LogP contribution in [0.5, 0.6) is 0 Å². The van der Waals surface area contributed by atoms with Crippen molar-refractivity contribution in [2.75, 3.05) is 7.11 Å². The smallest absolute Gasteiger partial charge is 0.328 e. The number of aliphatic hydroxyl groups excluding tert-OH is 1. The zero-order valence-electron chi connectivity index (χ0n) is 12.7. The zero-order valence-corrected chi connectivity index (χ0v) is 12.7. The first kappa shape index (κ1) is 17.8. The highest BCUT2D eigenvalue weighted by Crippen LogP contribution is 2.13. The van der Waals surface area contributed by atoms with E-state index < -0.39 is 24.0 Å². The summed E-state index contributed by atoms with van der Waals surface area (Å²) in [6, 6.07) is 7.43. The fourth-order valence-electron chi connectivity index (χ4n) is 1.91. The van der Waals surface area contributed by atoms with Gasteiger partial charge < -0.3 is 15.2 Å². The highest BCUT2D eigenvalue weighted by atomic mass is 16.5. The minimum atomic E-state index is -1.38. The predicted molar refractivity (Wildman–Crippen MR) is 79.9 cm³/mol. The molecule has 120 valence electrons. The largest absolute Gasteiger partial charge is 0.467 e. The van der Waals surface area contributed by atoms with Crippen molar-refractivity contribution in [2.24, 2.45) is 0 Å². The second-order valence-corrected chi connectivity index (χ2v) is 4.83. The number of rotatable bonds is 8. The molecular formula is C16H21NO5. The van der Waals surface area contributed by atoms with E-state index in [-0.39, 0.29) is 18.6 Å². The molecule has 0 heterocycles. The van der Waals surface area contributed by atoms with Gasteiger partial charge >= 0.3 is 5.97 Å². The summed E-state index contributed by atoms with van der Waals surface area (Å²) in [6.45, 7) is 1.73. The third-order valence-electron chi connectivity index (χ3n) is 3.27. The standard InChI is InChI=1S/C16H21NO5/c1-3-12(18)9-10-13(16(21)22-2)17-15(20)14(19)11-7-5-4-6-8-11/h4-8,13-14,19H,3,9-10H2,1-2H3,(H,17,20)/t13-,14+/m1/s1. The lowest BCUT2D eigenvalue weighted by molar-refractivity contribution is -0.146. The van der Waals surface area contributed by atoms with Crippen molar-refractivity contribution in [3.63, 3.8) is 0 Å². The Kier molecular flexibility index (Phi) is 7.25. The summed E-state index contributed by atoms with van der Waals surface area (Å²) in [6.07, 6.45) is -0.700. The van der Waals surface area contributed by atoms with Crippen molar-refractivity contribution in [2.45, 2.75) is 38.3 Å². The fourth-order valence-corrected chi connectivity index (χ4v) is 1.91. The Hall–Kier alpha value is -2.21. The van der Waals surface area contributed by atoms with E-state index >= 15 is 0 Å². The third kappa shape index (κ3) is 5.29. The van der Waals surface area contributed by atoms with Crippen LogP contribution in [-0.2, 0) is 19.1 Å². The summed E-state index contributed by atoms with van der Waals surface area (Å²) in [5.74, 6) is -1.35. The lowest BCUT2D eigenvalue weighted by Crippen LogP contribution is -2.43. The Labute approximate surface area is 129 Å². The van der Waals surface area contributed by atoms with E-state index in [1.807, 2.05) is 0 Å². The number of esters is 1. The van der Waals surface area contributed by atoms with Crippen LogP contribution in [0.4, 0.5) is 0 Å². The molecule has 1 amide bonds. The molecule has 2 atom stereocenters. The number of ether oxygens (including phenoxy) is 1. The highest BCUT2D eigenvalue weighted by Gasteiger charge is 2.26. The number of hydrogen-bond donors (Lipinski definition) is 2. The van der Waals surface area contributed by atoms with Gasteiger partial charge in [-0.05, 0) is 12.0 Å². The van der Waals surface area contributed by atoms with Gasteiger partial charge in [0.05, 0.1) is 7.11 Å². The Morgan fingerprint density at radius 2 is 1.86 bits per heavy atom. The molecule has 0 aliphatic heterocycles. The molecule has 6 nitrogen and oxygen atoms in total. The van der Waals surface area contributed by atoms with Crippen LogP contribution in [0.1, 0.15) is 37.9 Å². The number of carbonyl (C=O) groups excluding carboxylic acids is 3. The molecule has 22 heavy (non-hydrogen) atoms. The SMILES string of the molecule is CCC(=O)CC[C@@H](NC(=O)[C@@H](O)c1ccccc1)C(=O)OC. The quantitative estimate of drug-likeness (QED) is 0.703. The van der Waals surface area contributed by atoms with E-state index in [1.165, 1.54) is 7.11 Å². The molecular weight excluding hydrogens is 286 g/mol. The number of amides is 1. The van der Waals surface area contributed by atoms with Crippen molar-refractivity contribution < 1.29 is 24.2 Å². The molecule has 0 aromatic heterocycles. The Morgan fingerprint density at radius 1 is 1.23 bits per heavy atom. The lowest BCUT2D eigenvalue weighted by Gasteiger charge is -2.18. The number of benzene rings is 1. The molecule has 0 spiro atoms. The first-order valence-electron chi connectivity index (χ1n) is 7.12. The molecule has 0 fully saturated rings. The van der Waals surface area contributed by atoms with Crippen LogP contribution in [0, 0.1) is 0 Å². The number of methoxy groups -OCH3 is 1. The molecule has 6 heteroatoms. The van der Waals surface area contributed by atoms with Gasteiger partial charge in [0.25, 0.3) is 5.91 Å². The maximum absolute atomic E-state index is 12.0. The molecule has 0 saturated carbocycles. The lowest BCUT2D eigenvalue weighted by atomic mass is 10.1.